The molecule has 8 atom stereocenters. The van der Waals surface area contributed by atoms with Gasteiger partial charge in [-0.3, -0.25) is 29.6 Å². The van der Waals surface area contributed by atoms with Crippen molar-refractivity contribution in [2.45, 2.75) is 89.4 Å². The van der Waals surface area contributed by atoms with E-state index in [1.54, 1.807) is 13.0 Å². The van der Waals surface area contributed by atoms with E-state index in [0.717, 1.165) is 5.57 Å². The van der Waals surface area contributed by atoms with E-state index in [1.165, 1.54) is 6.08 Å². The zero-order valence-corrected chi connectivity index (χ0v) is 26.1. The van der Waals surface area contributed by atoms with Crippen LogP contribution in [0.2, 0.25) is 0 Å². The van der Waals surface area contributed by atoms with Gasteiger partial charge in [0.1, 0.15) is 12.2 Å². The van der Waals surface area contributed by atoms with Crippen LogP contribution in [0, 0.1) is 28.6 Å². The van der Waals surface area contributed by atoms with Gasteiger partial charge in [-0.15, -0.1) is 0 Å². The van der Waals surface area contributed by atoms with Gasteiger partial charge in [0.25, 0.3) is 0 Å². The third-order valence-electron chi connectivity index (χ3n) is 10.7. The van der Waals surface area contributed by atoms with Gasteiger partial charge in [-0.25, -0.2) is 9.59 Å². The number of hydrogen-bond acceptors (Lipinski definition) is 13. The van der Waals surface area contributed by atoms with Crippen molar-refractivity contribution in [2.24, 2.45) is 28.6 Å². The summed E-state index contributed by atoms with van der Waals surface area (Å²) in [6.45, 7) is 2.24. The summed E-state index contributed by atoms with van der Waals surface area (Å²) >= 11 is 0. The Kier molecular flexibility index (Phi) is 11.1. The number of carboxylic acids is 1. The molecule has 6 N–H and O–H groups in total. The van der Waals surface area contributed by atoms with E-state index in [0.29, 0.717) is 38.5 Å². The number of nitrogens with zero attached hydrogens (tertiary/aromatic N) is 1. The van der Waals surface area contributed by atoms with Gasteiger partial charge in [-0.2, -0.15) is 0 Å². The Morgan fingerprint density at radius 2 is 1.85 bits per heavy atom. The quantitative estimate of drug-likeness (QED) is 0.0894. The molecule has 0 aromatic rings. The van der Waals surface area contributed by atoms with Crippen LogP contribution in [0.5, 0.6) is 0 Å². The molecule has 1 amide bonds. The van der Waals surface area contributed by atoms with Crippen LogP contribution in [0.3, 0.4) is 0 Å². The third kappa shape index (κ3) is 7.19. The first-order chi connectivity index (χ1) is 21.6. The first kappa shape index (κ1) is 35.6. The number of aliphatic carboxylic acids is 1. The number of unbranched alkanes of at least 4 members (excludes halogenated alkanes) is 2. The van der Waals surface area contributed by atoms with Gasteiger partial charge in [0.05, 0.1) is 18.1 Å². The van der Waals surface area contributed by atoms with Crippen LogP contribution in [0.1, 0.15) is 71.6 Å². The highest BCUT2D eigenvalue weighted by molar-refractivity contribution is 6.01. The molecule has 0 aliphatic heterocycles. The first-order valence-corrected chi connectivity index (χ1v) is 15.6. The Bertz CT molecular complexity index is 1270. The Balaban J connectivity index is 1.28. The predicted molar refractivity (Wildman–Crippen MR) is 155 cm³/mol. The molecule has 4 rings (SSSR count). The van der Waals surface area contributed by atoms with Crippen LogP contribution in [-0.2, 0) is 33.5 Å². The third-order valence-corrected chi connectivity index (χ3v) is 10.7. The van der Waals surface area contributed by atoms with E-state index in [2.05, 4.69) is 10.2 Å². The number of aliphatic hydroxyl groups excluding tert-OH is 1. The fourth-order valence-electron chi connectivity index (χ4n) is 8.38. The van der Waals surface area contributed by atoms with Crippen molar-refractivity contribution in [2.75, 3.05) is 19.8 Å². The Morgan fingerprint density at radius 3 is 2.54 bits per heavy atom. The van der Waals surface area contributed by atoms with E-state index in [-0.39, 0.29) is 49.4 Å². The molecule has 0 radical (unpaired) electrons. The monoisotopic (exact) mass is 652 g/mol. The van der Waals surface area contributed by atoms with Crippen LogP contribution >= 0.6 is 0 Å². The molecule has 4 aliphatic carbocycles. The SMILES string of the molecule is C[C@]12C=CC(=O)C=C1CC[C@@H]1[C@@H]2[C@@H](O)C[C@@]2(C)[C@H]1CC[C@]2(O)C(=O)COC(=O)OCC(NC(=O)CCCCCON(O)O)C(=O)O. The molecule has 0 bridgehead atoms. The van der Waals surface area contributed by atoms with Crippen LogP contribution in [0.4, 0.5) is 4.79 Å². The first-order valence-electron chi connectivity index (χ1n) is 15.6. The number of carbonyl (C=O) groups excluding carboxylic acids is 4. The number of ether oxygens (including phenoxy) is 2. The number of Topliss-reactive ketones (excluding diaryl/α,β-unsaturated/α-hetero) is 1. The molecule has 256 valence electrons. The number of fused-ring (bicyclic) bond motifs is 5. The Labute approximate surface area is 266 Å². The molecule has 0 aromatic heterocycles. The van der Waals surface area contributed by atoms with Crippen LogP contribution in [0.15, 0.2) is 23.8 Å². The molecule has 15 heteroatoms. The number of allylic oxidation sites excluding steroid dienone is 4. The summed E-state index contributed by atoms with van der Waals surface area (Å²) < 4.78 is 9.80. The zero-order chi connectivity index (χ0) is 33.9. The smallest absolute Gasteiger partial charge is 0.480 e. The molecular formula is C31H44N2O13. The fourth-order valence-corrected chi connectivity index (χ4v) is 8.38. The number of rotatable bonds is 14. The second-order valence-electron chi connectivity index (χ2n) is 13.2. The number of carboxylic acid groups (broad SMARTS) is 1. The van der Waals surface area contributed by atoms with Crippen molar-refractivity contribution in [1.82, 2.24) is 10.7 Å². The van der Waals surface area contributed by atoms with Crippen LogP contribution in [-0.4, -0.2) is 98.3 Å². The molecule has 0 heterocycles. The van der Waals surface area contributed by atoms with Crippen molar-refractivity contribution in [3.05, 3.63) is 23.8 Å². The number of carbonyl (C=O) groups is 5. The molecule has 3 fully saturated rings. The van der Waals surface area contributed by atoms with E-state index in [1.807, 2.05) is 13.0 Å². The van der Waals surface area contributed by atoms with Gasteiger partial charge in [-0.1, -0.05) is 31.9 Å². The summed E-state index contributed by atoms with van der Waals surface area (Å²) in [5, 5.41) is 51.4. The lowest BCUT2D eigenvalue weighted by atomic mass is 9.46. The second-order valence-corrected chi connectivity index (χ2v) is 13.2. The number of aliphatic hydroxyl groups is 2. The average Bonchev–Trinajstić information content (AvgIpc) is 3.26. The highest BCUT2D eigenvalue weighted by atomic mass is 17.1. The maximum Gasteiger partial charge on any atom is 0.508 e. The molecule has 3 saturated carbocycles. The largest absolute Gasteiger partial charge is 0.508 e. The van der Waals surface area contributed by atoms with Crippen molar-refractivity contribution in [3.63, 3.8) is 0 Å². The van der Waals surface area contributed by atoms with Gasteiger partial charge >= 0.3 is 12.1 Å². The molecule has 46 heavy (non-hydrogen) atoms. The van der Waals surface area contributed by atoms with E-state index < -0.39 is 71.0 Å². The molecule has 1 unspecified atom stereocenters. The molecule has 4 aliphatic rings. The lowest BCUT2D eigenvalue weighted by Gasteiger charge is -2.59. The molecular weight excluding hydrogens is 608 g/mol. The van der Waals surface area contributed by atoms with Gasteiger partial charge in [-0.05, 0) is 68.9 Å². The van der Waals surface area contributed by atoms with Crippen molar-refractivity contribution in [1.29, 1.82) is 0 Å². The Morgan fingerprint density at radius 1 is 1.11 bits per heavy atom. The van der Waals surface area contributed by atoms with E-state index in [9.17, 15) is 39.3 Å². The van der Waals surface area contributed by atoms with Gasteiger partial charge in [0.2, 0.25) is 11.7 Å². The van der Waals surface area contributed by atoms with Gasteiger partial charge in [0, 0.05) is 23.2 Å². The standard InChI is InChI=1S/C31H44N2O13/c1-29-11-9-19(34)14-18(29)7-8-20-21-10-12-31(41,30(21,2)15-23(35)26(20)29)24(36)17-45-28(40)44-16-22(27(38)39)32-25(37)6-4-3-5-13-46-33(42)43/h9,11,14,20-23,26,35,41-43H,3-8,10,12-13,15-17H2,1-2H3,(H,32,37)(H,38,39)/t20-,21-,22?,23-,26+,29-,30-,31-/m0/s1. The summed E-state index contributed by atoms with van der Waals surface area (Å²) in [5.41, 5.74) is -2.37. The number of hydrogen-bond donors (Lipinski definition) is 6. The summed E-state index contributed by atoms with van der Waals surface area (Å²) in [5.74, 6) is -3.16. The number of ketones is 2. The minimum atomic E-state index is -1.88. The lowest BCUT2D eigenvalue weighted by molar-refractivity contribution is -0.492. The van der Waals surface area contributed by atoms with Crippen molar-refractivity contribution < 1.29 is 64.0 Å². The minimum Gasteiger partial charge on any atom is -0.480 e. The fraction of sp³-hybridized carbons (Fsp3) is 0.710. The van der Waals surface area contributed by atoms with Crippen molar-refractivity contribution >= 4 is 29.6 Å². The summed E-state index contributed by atoms with van der Waals surface area (Å²) in [7, 11) is 0. The van der Waals surface area contributed by atoms with Crippen LogP contribution in [0.25, 0.3) is 0 Å². The minimum absolute atomic E-state index is 0.00266. The highest BCUT2D eigenvalue weighted by Crippen LogP contribution is 2.67. The van der Waals surface area contributed by atoms with Crippen molar-refractivity contribution in [3.8, 4) is 0 Å². The van der Waals surface area contributed by atoms with E-state index in [4.69, 9.17) is 19.9 Å². The normalized spacial score (nSPS) is 33.7. The summed E-state index contributed by atoms with van der Waals surface area (Å²) in [4.78, 5) is 65.8. The highest BCUT2D eigenvalue weighted by Gasteiger charge is 2.68. The lowest BCUT2D eigenvalue weighted by Crippen LogP contribution is -2.61. The molecule has 0 saturated heterocycles. The van der Waals surface area contributed by atoms with E-state index >= 15 is 0 Å². The summed E-state index contributed by atoms with van der Waals surface area (Å²) in [6, 6.07) is -1.57. The molecule has 15 nitrogen and oxygen atoms in total. The van der Waals surface area contributed by atoms with Gasteiger partial charge < -0.3 is 30.1 Å². The number of amides is 1. The molecule has 0 aromatic carbocycles. The number of nitrogens with one attached hydrogen (secondary N) is 1. The second kappa shape index (κ2) is 14.3. The molecule has 0 spiro atoms. The predicted octanol–water partition coefficient (Wildman–Crippen LogP) is 1.86. The maximum absolute atomic E-state index is 13.4. The average molecular weight is 653 g/mol. The van der Waals surface area contributed by atoms with Crippen LogP contribution < -0.4 is 5.32 Å². The summed E-state index contributed by atoms with van der Waals surface area (Å²) in [6.07, 6.45) is 6.29. The topological polar surface area (TPSA) is 229 Å². The zero-order valence-electron chi connectivity index (χ0n) is 26.1. The van der Waals surface area contributed by atoms with Gasteiger partial charge in [0.15, 0.2) is 18.4 Å². The maximum atomic E-state index is 13.4. The Hall–Kier alpha value is -3.21.